The fourth-order valence-corrected chi connectivity index (χ4v) is 3.16. The molecule has 0 aliphatic carbocycles. The number of rotatable bonds is 6. The molecule has 0 saturated carbocycles. The summed E-state index contributed by atoms with van der Waals surface area (Å²) in [5.41, 5.74) is 9.01. The molecule has 3 heterocycles. The van der Waals surface area contributed by atoms with Crippen LogP contribution < -0.4 is 21.3 Å². The minimum absolute atomic E-state index is 0.192. The molecule has 1 fully saturated rings. The number of ether oxygens (including phenoxy) is 1. The van der Waals surface area contributed by atoms with Crippen LogP contribution in [-0.2, 0) is 4.74 Å². The van der Waals surface area contributed by atoms with Crippen molar-refractivity contribution in [3.05, 3.63) is 66.6 Å². The summed E-state index contributed by atoms with van der Waals surface area (Å²) >= 11 is 0. The van der Waals surface area contributed by atoms with Gasteiger partial charge < -0.3 is 26.0 Å². The van der Waals surface area contributed by atoms with E-state index >= 15 is 0 Å². The molecule has 1 saturated heterocycles. The Morgan fingerprint density at radius 3 is 2.52 bits per heavy atom. The molecule has 0 unspecified atom stereocenters. The summed E-state index contributed by atoms with van der Waals surface area (Å²) in [4.78, 5) is 22.2. The molecule has 1 aromatic carbocycles. The van der Waals surface area contributed by atoms with E-state index in [9.17, 15) is 4.79 Å². The molecule has 2 aromatic heterocycles. The van der Waals surface area contributed by atoms with Crippen LogP contribution in [0.5, 0.6) is 0 Å². The van der Waals surface area contributed by atoms with Crippen molar-refractivity contribution in [2.45, 2.75) is 0 Å². The van der Waals surface area contributed by atoms with Gasteiger partial charge in [-0.15, -0.1) is 0 Å². The first-order valence-corrected chi connectivity index (χ1v) is 9.37. The van der Waals surface area contributed by atoms with Crippen molar-refractivity contribution in [1.29, 1.82) is 0 Å². The number of amides is 1. The van der Waals surface area contributed by atoms with Gasteiger partial charge in [-0.05, 0) is 42.5 Å². The minimum atomic E-state index is -0.583. The largest absolute Gasteiger partial charge is 0.378 e. The van der Waals surface area contributed by atoms with E-state index in [2.05, 4.69) is 37.6 Å². The predicted molar refractivity (Wildman–Crippen MR) is 113 cm³/mol. The van der Waals surface area contributed by atoms with Crippen molar-refractivity contribution in [3.8, 4) is 0 Å². The Morgan fingerprint density at radius 1 is 0.966 bits per heavy atom. The number of primary amides is 1. The lowest BCUT2D eigenvalue weighted by Crippen LogP contribution is -2.36. The van der Waals surface area contributed by atoms with Crippen molar-refractivity contribution in [2.24, 2.45) is 5.73 Å². The van der Waals surface area contributed by atoms with Crippen LogP contribution >= 0.6 is 0 Å². The molecule has 8 nitrogen and oxygen atoms in total. The smallest absolute Gasteiger partial charge is 0.269 e. The average Bonchev–Trinajstić information content (AvgIpc) is 2.75. The van der Waals surface area contributed by atoms with Crippen LogP contribution in [0.25, 0.3) is 0 Å². The summed E-state index contributed by atoms with van der Waals surface area (Å²) < 4.78 is 5.40. The summed E-state index contributed by atoms with van der Waals surface area (Å²) in [6.45, 7) is 3.34. The highest BCUT2D eigenvalue weighted by Crippen LogP contribution is 2.24. The van der Waals surface area contributed by atoms with E-state index in [1.807, 2.05) is 24.3 Å². The Morgan fingerprint density at radius 2 is 1.76 bits per heavy atom. The van der Waals surface area contributed by atoms with Gasteiger partial charge >= 0.3 is 0 Å². The second-order valence-electron chi connectivity index (χ2n) is 6.59. The van der Waals surface area contributed by atoms with Crippen LogP contribution in [0.4, 0.5) is 28.6 Å². The Kier molecular flexibility index (Phi) is 5.53. The summed E-state index contributed by atoms with van der Waals surface area (Å²) in [5.74, 6) is 0.0968. The fraction of sp³-hybridized carbons (Fsp3) is 0.190. The quantitative estimate of drug-likeness (QED) is 0.594. The Bertz CT molecular complexity index is 986. The van der Waals surface area contributed by atoms with Gasteiger partial charge in [-0.25, -0.2) is 9.97 Å². The standard InChI is InChI=1S/C21H22N6O2/c22-21(28)20-18(2-1-8-24-20)25-16-7-9-23-19(14-16)26-15-3-5-17(6-4-15)27-10-12-29-13-11-27/h1-9,14H,10-13H2,(H2,22,28)(H2,23,25,26). The average molecular weight is 390 g/mol. The lowest BCUT2D eigenvalue weighted by Gasteiger charge is -2.28. The number of morpholine rings is 1. The maximum Gasteiger partial charge on any atom is 0.269 e. The number of hydrogen-bond donors (Lipinski definition) is 3. The van der Waals surface area contributed by atoms with Crippen LogP contribution in [-0.4, -0.2) is 42.2 Å². The number of carbonyl (C=O) groups is 1. The number of nitrogens with one attached hydrogen (secondary N) is 2. The van der Waals surface area contributed by atoms with Gasteiger partial charge in [-0.3, -0.25) is 4.79 Å². The Labute approximate surface area is 168 Å². The zero-order valence-corrected chi connectivity index (χ0v) is 15.8. The number of aromatic nitrogens is 2. The topological polar surface area (TPSA) is 105 Å². The molecule has 0 spiro atoms. The normalized spacial score (nSPS) is 13.7. The maximum absolute atomic E-state index is 11.5. The summed E-state index contributed by atoms with van der Waals surface area (Å²) in [6, 6.07) is 15.4. The Hall–Kier alpha value is -3.65. The van der Waals surface area contributed by atoms with E-state index in [1.54, 1.807) is 18.3 Å². The molecule has 4 rings (SSSR count). The zero-order valence-electron chi connectivity index (χ0n) is 15.8. The summed E-state index contributed by atoms with van der Waals surface area (Å²) in [5, 5.41) is 6.47. The number of benzene rings is 1. The van der Waals surface area contributed by atoms with Gasteiger partial charge in [-0.1, -0.05) is 0 Å². The molecule has 29 heavy (non-hydrogen) atoms. The van der Waals surface area contributed by atoms with Crippen LogP contribution in [0, 0.1) is 0 Å². The molecule has 0 bridgehead atoms. The monoisotopic (exact) mass is 390 g/mol. The van der Waals surface area contributed by atoms with Gasteiger partial charge in [0.05, 0.1) is 18.9 Å². The molecular formula is C21H22N6O2. The molecule has 0 atom stereocenters. The van der Waals surface area contributed by atoms with Gasteiger partial charge in [0.25, 0.3) is 5.91 Å². The zero-order chi connectivity index (χ0) is 20.1. The molecule has 148 valence electrons. The number of anilines is 5. The van der Waals surface area contributed by atoms with Gasteiger partial charge in [-0.2, -0.15) is 0 Å². The first-order chi connectivity index (χ1) is 14.2. The van der Waals surface area contributed by atoms with Gasteiger partial charge in [0, 0.05) is 48.6 Å². The van der Waals surface area contributed by atoms with E-state index in [4.69, 9.17) is 10.5 Å². The number of nitrogens with two attached hydrogens (primary N) is 1. The van der Waals surface area contributed by atoms with Gasteiger partial charge in [0.2, 0.25) is 0 Å². The molecule has 0 radical (unpaired) electrons. The number of pyridine rings is 2. The third-order valence-electron chi connectivity index (χ3n) is 4.60. The van der Waals surface area contributed by atoms with Crippen molar-refractivity contribution >= 4 is 34.5 Å². The Balaban J connectivity index is 1.46. The van der Waals surface area contributed by atoms with E-state index in [0.29, 0.717) is 11.5 Å². The molecule has 1 aliphatic rings. The van der Waals surface area contributed by atoms with Crippen molar-refractivity contribution in [1.82, 2.24) is 9.97 Å². The lowest BCUT2D eigenvalue weighted by molar-refractivity contribution is 0.0996. The van der Waals surface area contributed by atoms with Crippen LogP contribution in [0.15, 0.2) is 60.9 Å². The SMILES string of the molecule is NC(=O)c1ncccc1Nc1ccnc(Nc2ccc(N3CCOCC3)cc2)c1. The van der Waals surface area contributed by atoms with Gasteiger partial charge in [0.15, 0.2) is 5.69 Å². The van der Waals surface area contributed by atoms with E-state index in [0.717, 1.165) is 37.7 Å². The number of hydrogen-bond acceptors (Lipinski definition) is 7. The second-order valence-corrected chi connectivity index (χ2v) is 6.59. The second kappa shape index (κ2) is 8.57. The van der Waals surface area contributed by atoms with E-state index < -0.39 is 5.91 Å². The fourth-order valence-electron chi connectivity index (χ4n) is 3.16. The molecule has 8 heteroatoms. The van der Waals surface area contributed by atoms with Crippen molar-refractivity contribution < 1.29 is 9.53 Å². The number of nitrogens with zero attached hydrogens (tertiary/aromatic N) is 3. The van der Waals surface area contributed by atoms with Crippen LogP contribution in [0.1, 0.15) is 10.5 Å². The van der Waals surface area contributed by atoms with Crippen molar-refractivity contribution in [2.75, 3.05) is 41.8 Å². The summed E-state index contributed by atoms with van der Waals surface area (Å²) in [6.07, 6.45) is 3.22. The number of carbonyl (C=O) groups excluding carboxylic acids is 1. The van der Waals surface area contributed by atoms with Crippen molar-refractivity contribution in [3.63, 3.8) is 0 Å². The van der Waals surface area contributed by atoms with Gasteiger partial charge in [0.1, 0.15) is 5.82 Å². The molecule has 4 N–H and O–H groups in total. The highest BCUT2D eigenvalue weighted by Gasteiger charge is 2.11. The third kappa shape index (κ3) is 4.61. The summed E-state index contributed by atoms with van der Waals surface area (Å²) in [7, 11) is 0. The molecule has 3 aromatic rings. The highest BCUT2D eigenvalue weighted by molar-refractivity contribution is 5.97. The lowest BCUT2D eigenvalue weighted by atomic mass is 10.2. The molecule has 1 aliphatic heterocycles. The first-order valence-electron chi connectivity index (χ1n) is 9.37. The van der Waals surface area contributed by atoms with Crippen LogP contribution in [0.2, 0.25) is 0 Å². The van der Waals surface area contributed by atoms with E-state index in [-0.39, 0.29) is 5.69 Å². The highest BCUT2D eigenvalue weighted by atomic mass is 16.5. The maximum atomic E-state index is 11.5. The van der Waals surface area contributed by atoms with Crippen LogP contribution in [0.3, 0.4) is 0 Å². The predicted octanol–water partition coefficient (Wildman–Crippen LogP) is 2.90. The van der Waals surface area contributed by atoms with E-state index in [1.165, 1.54) is 11.9 Å². The first kappa shape index (κ1) is 18.7. The molecular weight excluding hydrogens is 368 g/mol. The third-order valence-corrected chi connectivity index (χ3v) is 4.60. The molecule has 1 amide bonds. The minimum Gasteiger partial charge on any atom is -0.378 e.